The second-order valence-corrected chi connectivity index (χ2v) is 5.47. The van der Waals surface area contributed by atoms with Crippen molar-refractivity contribution in [1.29, 1.82) is 0 Å². The van der Waals surface area contributed by atoms with E-state index in [0.717, 1.165) is 11.3 Å². The van der Waals surface area contributed by atoms with Gasteiger partial charge in [0.2, 0.25) is 5.91 Å². The zero-order chi connectivity index (χ0) is 15.1. The summed E-state index contributed by atoms with van der Waals surface area (Å²) >= 11 is 1.66. The van der Waals surface area contributed by atoms with Crippen LogP contribution in [0.1, 0.15) is 22.3 Å². The van der Waals surface area contributed by atoms with Crippen LogP contribution >= 0.6 is 11.8 Å². The molecule has 110 valence electrons. The maximum atomic E-state index is 11.9. The largest absolute Gasteiger partial charge is 0.355 e. The van der Waals surface area contributed by atoms with Crippen molar-refractivity contribution in [2.45, 2.75) is 19.4 Å². The molecule has 1 atom stereocenters. The summed E-state index contributed by atoms with van der Waals surface area (Å²) in [6.45, 7) is 1.84. The van der Waals surface area contributed by atoms with Crippen LogP contribution < -0.4 is 16.4 Å². The van der Waals surface area contributed by atoms with Crippen LogP contribution in [0.5, 0.6) is 0 Å². The molecule has 4 N–H and O–H groups in total. The lowest BCUT2D eigenvalue weighted by molar-refractivity contribution is -0.117. The number of nitrogens with one attached hydrogen (secondary N) is 2. The van der Waals surface area contributed by atoms with Crippen molar-refractivity contribution < 1.29 is 9.59 Å². The number of aryl methyl sites for hydroxylation is 1. The average Bonchev–Trinajstić information content (AvgIpc) is 2.45. The Hall–Kier alpha value is -1.53. The zero-order valence-corrected chi connectivity index (χ0v) is 12.8. The minimum absolute atomic E-state index is 0.150. The molecule has 5 nitrogen and oxygen atoms in total. The quantitative estimate of drug-likeness (QED) is 0.740. The van der Waals surface area contributed by atoms with Crippen molar-refractivity contribution in [2.24, 2.45) is 5.73 Å². The average molecular weight is 295 g/mol. The first-order valence-corrected chi connectivity index (χ1v) is 7.77. The monoisotopic (exact) mass is 295 g/mol. The molecule has 1 aromatic rings. The Bertz CT molecular complexity index is 491. The van der Waals surface area contributed by atoms with Gasteiger partial charge in [-0.05, 0) is 49.1 Å². The van der Waals surface area contributed by atoms with Gasteiger partial charge in [0.15, 0.2) is 0 Å². The fourth-order valence-electron chi connectivity index (χ4n) is 1.69. The van der Waals surface area contributed by atoms with Crippen molar-refractivity contribution in [2.75, 3.05) is 24.4 Å². The normalized spacial score (nSPS) is 11.8. The van der Waals surface area contributed by atoms with Crippen LogP contribution in [0.3, 0.4) is 0 Å². The Morgan fingerprint density at radius 3 is 2.65 bits per heavy atom. The van der Waals surface area contributed by atoms with Crippen molar-refractivity contribution in [1.82, 2.24) is 5.32 Å². The number of benzene rings is 1. The summed E-state index contributed by atoms with van der Waals surface area (Å²) in [5.74, 6) is 0.501. The van der Waals surface area contributed by atoms with Crippen molar-refractivity contribution >= 4 is 29.3 Å². The third-order valence-electron chi connectivity index (χ3n) is 2.94. The maximum Gasteiger partial charge on any atom is 0.251 e. The molecule has 0 aliphatic heterocycles. The number of carbonyl (C=O) groups excluding carboxylic acids is 2. The van der Waals surface area contributed by atoms with Crippen LogP contribution in [-0.2, 0) is 4.79 Å². The minimum atomic E-state index is -0.513. The number of hydrogen-bond donors (Lipinski definition) is 3. The molecule has 0 radical (unpaired) electrons. The van der Waals surface area contributed by atoms with Gasteiger partial charge in [-0.2, -0.15) is 11.8 Å². The molecule has 1 aromatic carbocycles. The molecule has 0 aromatic heterocycles. The molecule has 0 unspecified atom stereocenters. The fourth-order valence-corrected chi connectivity index (χ4v) is 2.18. The zero-order valence-electron chi connectivity index (χ0n) is 12.0. The van der Waals surface area contributed by atoms with Crippen LogP contribution in [0, 0.1) is 6.92 Å². The van der Waals surface area contributed by atoms with Gasteiger partial charge in [0.05, 0.1) is 6.04 Å². The van der Waals surface area contributed by atoms with Crippen molar-refractivity contribution in [3.8, 4) is 0 Å². The van der Waals surface area contributed by atoms with Gasteiger partial charge in [0.25, 0.3) is 5.91 Å². The first-order valence-electron chi connectivity index (χ1n) is 6.37. The lowest BCUT2D eigenvalue weighted by Gasteiger charge is -2.14. The Morgan fingerprint density at radius 2 is 2.10 bits per heavy atom. The summed E-state index contributed by atoms with van der Waals surface area (Å²) in [7, 11) is 1.58. The Balaban J connectivity index is 2.73. The van der Waals surface area contributed by atoms with Crippen LogP contribution in [0.15, 0.2) is 18.2 Å². The molecule has 6 heteroatoms. The molecule has 0 aliphatic carbocycles. The summed E-state index contributed by atoms with van der Waals surface area (Å²) in [6, 6.07) is 4.62. The predicted octanol–water partition coefficient (Wildman–Crippen LogP) is 1.37. The molecule has 2 amide bonds. The van der Waals surface area contributed by atoms with Crippen LogP contribution in [-0.4, -0.2) is 36.9 Å². The SMILES string of the molecule is CNC(=O)c1ccc(NC(=O)[C@H](N)CCSC)c(C)c1. The van der Waals surface area contributed by atoms with Crippen LogP contribution in [0.4, 0.5) is 5.69 Å². The smallest absolute Gasteiger partial charge is 0.251 e. The van der Waals surface area contributed by atoms with E-state index in [1.807, 2.05) is 13.2 Å². The molecule has 0 saturated carbocycles. The van der Waals surface area contributed by atoms with E-state index in [1.165, 1.54) is 0 Å². The molecule has 0 heterocycles. The number of nitrogens with two attached hydrogens (primary N) is 1. The van der Waals surface area contributed by atoms with Gasteiger partial charge in [-0.25, -0.2) is 0 Å². The minimum Gasteiger partial charge on any atom is -0.355 e. The second kappa shape index (κ2) is 7.91. The maximum absolute atomic E-state index is 11.9. The number of amides is 2. The highest BCUT2D eigenvalue weighted by atomic mass is 32.2. The molecular weight excluding hydrogens is 274 g/mol. The van der Waals surface area contributed by atoms with Gasteiger partial charge in [-0.15, -0.1) is 0 Å². The van der Waals surface area contributed by atoms with E-state index < -0.39 is 6.04 Å². The third kappa shape index (κ3) is 4.54. The number of anilines is 1. The topological polar surface area (TPSA) is 84.2 Å². The molecule has 1 rings (SSSR count). The molecule has 0 spiro atoms. The van der Waals surface area contributed by atoms with E-state index in [9.17, 15) is 9.59 Å². The summed E-state index contributed by atoms with van der Waals surface area (Å²) < 4.78 is 0. The van der Waals surface area contributed by atoms with Gasteiger partial charge < -0.3 is 16.4 Å². The molecule has 0 aliphatic rings. The molecule has 0 saturated heterocycles. The van der Waals surface area contributed by atoms with Gasteiger partial charge >= 0.3 is 0 Å². The summed E-state index contributed by atoms with van der Waals surface area (Å²) in [5, 5.41) is 5.36. The van der Waals surface area contributed by atoms with E-state index in [4.69, 9.17) is 5.73 Å². The van der Waals surface area contributed by atoms with E-state index in [1.54, 1.807) is 37.0 Å². The summed E-state index contributed by atoms with van der Waals surface area (Å²) in [6.07, 6.45) is 2.62. The number of rotatable bonds is 6. The van der Waals surface area contributed by atoms with E-state index >= 15 is 0 Å². The Kier molecular flexibility index (Phi) is 6.54. The lowest BCUT2D eigenvalue weighted by Crippen LogP contribution is -2.36. The van der Waals surface area contributed by atoms with Gasteiger partial charge in [0, 0.05) is 18.3 Å². The third-order valence-corrected chi connectivity index (χ3v) is 3.59. The number of carbonyl (C=O) groups is 2. The molecular formula is C14H21N3O2S. The van der Waals surface area contributed by atoms with Gasteiger partial charge in [-0.1, -0.05) is 0 Å². The predicted molar refractivity (Wildman–Crippen MR) is 84.2 cm³/mol. The highest BCUT2D eigenvalue weighted by Crippen LogP contribution is 2.17. The second-order valence-electron chi connectivity index (χ2n) is 4.49. The standard InChI is InChI=1S/C14H21N3O2S/c1-9-8-10(13(18)16-2)4-5-12(9)17-14(19)11(15)6-7-20-3/h4-5,8,11H,6-7,15H2,1-3H3,(H,16,18)(H,17,19)/t11-/m1/s1. The highest BCUT2D eigenvalue weighted by Gasteiger charge is 2.14. The molecule has 20 heavy (non-hydrogen) atoms. The summed E-state index contributed by atoms with van der Waals surface area (Å²) in [4.78, 5) is 23.4. The number of thioether (sulfide) groups is 1. The van der Waals surface area contributed by atoms with Gasteiger partial charge in [0.1, 0.15) is 0 Å². The Morgan fingerprint density at radius 1 is 1.40 bits per heavy atom. The summed E-state index contributed by atoms with van der Waals surface area (Å²) in [5.41, 5.74) is 7.89. The highest BCUT2D eigenvalue weighted by molar-refractivity contribution is 7.98. The fraction of sp³-hybridized carbons (Fsp3) is 0.429. The van der Waals surface area contributed by atoms with Gasteiger partial charge in [-0.3, -0.25) is 9.59 Å². The van der Waals surface area contributed by atoms with E-state index in [-0.39, 0.29) is 11.8 Å². The first kappa shape index (κ1) is 16.5. The molecule has 0 bridgehead atoms. The molecule has 0 fully saturated rings. The van der Waals surface area contributed by atoms with E-state index in [0.29, 0.717) is 17.7 Å². The van der Waals surface area contributed by atoms with E-state index in [2.05, 4.69) is 10.6 Å². The van der Waals surface area contributed by atoms with Crippen molar-refractivity contribution in [3.05, 3.63) is 29.3 Å². The Labute approximate surface area is 123 Å². The number of hydrogen-bond acceptors (Lipinski definition) is 4. The lowest BCUT2D eigenvalue weighted by atomic mass is 10.1. The van der Waals surface area contributed by atoms with Crippen molar-refractivity contribution in [3.63, 3.8) is 0 Å². The first-order chi connectivity index (χ1) is 9.49. The van der Waals surface area contributed by atoms with Crippen LogP contribution in [0.25, 0.3) is 0 Å². The van der Waals surface area contributed by atoms with Crippen LogP contribution in [0.2, 0.25) is 0 Å².